The van der Waals surface area contributed by atoms with Crippen LogP contribution in [-0.2, 0) is 7.05 Å². The molecule has 0 spiro atoms. The van der Waals surface area contributed by atoms with Gasteiger partial charge in [0.1, 0.15) is 0 Å². The molecule has 0 N–H and O–H groups in total. The second-order valence-corrected chi connectivity index (χ2v) is 6.14. The minimum Gasteiger partial charge on any atom is -0.417 e. The summed E-state index contributed by atoms with van der Waals surface area (Å²) in [5, 5.41) is 4.17. The molecule has 0 radical (unpaired) electrons. The predicted octanol–water partition coefficient (Wildman–Crippen LogP) is 3.77. The Morgan fingerprint density at radius 2 is 2.00 bits per heavy atom. The van der Waals surface area contributed by atoms with E-state index >= 15 is 0 Å². The van der Waals surface area contributed by atoms with E-state index in [-0.39, 0.29) is 17.0 Å². The number of ether oxygens (including phenoxy) is 1. The van der Waals surface area contributed by atoms with E-state index in [1.807, 2.05) is 36.6 Å². The molecule has 23 heavy (non-hydrogen) atoms. The Labute approximate surface area is 149 Å². The number of hydrogen-bond acceptors (Lipinski definition) is 5. The summed E-state index contributed by atoms with van der Waals surface area (Å²) >= 11 is 7.71. The van der Waals surface area contributed by atoms with Gasteiger partial charge in [0.15, 0.2) is 5.82 Å². The van der Waals surface area contributed by atoms with Crippen LogP contribution in [0.15, 0.2) is 24.7 Å². The zero-order valence-corrected chi connectivity index (χ0v) is 15.0. The van der Waals surface area contributed by atoms with Crippen LogP contribution in [0.3, 0.4) is 0 Å². The highest BCUT2D eigenvalue weighted by Crippen LogP contribution is 2.34. The van der Waals surface area contributed by atoms with Gasteiger partial charge in [-0.1, -0.05) is 0 Å². The molecular weight excluding hydrogens is 436 g/mol. The fraction of sp³-hybridized carbons (Fsp3) is 0.143. The highest BCUT2D eigenvalue weighted by atomic mass is 127. The van der Waals surface area contributed by atoms with Crippen molar-refractivity contribution in [1.29, 1.82) is 0 Å². The molecule has 0 aromatic carbocycles. The molecule has 0 fully saturated rings. The van der Waals surface area contributed by atoms with Gasteiger partial charge >= 0.3 is 0 Å². The Balaban J connectivity index is 2.10. The fourth-order valence-corrected chi connectivity index (χ4v) is 2.45. The van der Waals surface area contributed by atoms with E-state index in [0.717, 1.165) is 11.3 Å². The van der Waals surface area contributed by atoms with Crippen LogP contribution in [0, 0.1) is 16.3 Å². The van der Waals surface area contributed by atoms with Crippen molar-refractivity contribution >= 4 is 34.2 Å². The van der Waals surface area contributed by atoms with E-state index in [1.54, 1.807) is 16.9 Å². The summed E-state index contributed by atoms with van der Waals surface area (Å²) in [6.07, 6.45) is 4.63. The predicted molar refractivity (Wildman–Crippen MR) is 91.0 cm³/mol. The van der Waals surface area contributed by atoms with E-state index in [1.165, 1.54) is 12.4 Å². The lowest BCUT2D eigenvalue weighted by molar-refractivity contribution is 0.407. The van der Waals surface area contributed by atoms with Crippen LogP contribution in [0.1, 0.15) is 5.69 Å². The monoisotopic (exact) mass is 445 g/mol. The van der Waals surface area contributed by atoms with Gasteiger partial charge in [-0.3, -0.25) is 4.68 Å². The molecule has 118 valence electrons. The molecule has 0 aliphatic rings. The Morgan fingerprint density at radius 1 is 1.22 bits per heavy atom. The fourth-order valence-electron chi connectivity index (χ4n) is 1.94. The molecule has 0 atom stereocenters. The summed E-state index contributed by atoms with van der Waals surface area (Å²) in [6.45, 7) is 1.89. The van der Waals surface area contributed by atoms with Gasteiger partial charge in [0.05, 0.1) is 15.3 Å². The van der Waals surface area contributed by atoms with E-state index < -0.39 is 5.82 Å². The smallest absolute Gasteiger partial charge is 0.258 e. The summed E-state index contributed by atoms with van der Waals surface area (Å²) in [6, 6.07) is 1.54. The Morgan fingerprint density at radius 3 is 2.70 bits per heavy atom. The van der Waals surface area contributed by atoms with Crippen LogP contribution in [0.2, 0.25) is 5.28 Å². The van der Waals surface area contributed by atoms with Crippen molar-refractivity contribution in [2.75, 3.05) is 0 Å². The quantitative estimate of drug-likeness (QED) is 0.454. The summed E-state index contributed by atoms with van der Waals surface area (Å²) in [5.74, 6) is -0.611. The molecule has 9 heteroatoms. The van der Waals surface area contributed by atoms with Crippen LogP contribution < -0.4 is 4.74 Å². The summed E-state index contributed by atoms with van der Waals surface area (Å²) in [5.41, 5.74) is 2.21. The molecule has 3 heterocycles. The second-order valence-electron chi connectivity index (χ2n) is 4.64. The first-order valence-corrected chi connectivity index (χ1v) is 7.92. The molecule has 0 saturated carbocycles. The first-order valence-electron chi connectivity index (χ1n) is 6.46. The number of hydrogen-bond donors (Lipinski definition) is 0. The minimum atomic E-state index is -0.559. The maximum Gasteiger partial charge on any atom is 0.258 e. The normalized spacial score (nSPS) is 10.8. The van der Waals surface area contributed by atoms with Crippen molar-refractivity contribution in [1.82, 2.24) is 24.7 Å². The maximum absolute atomic E-state index is 14.1. The third-order valence-corrected chi connectivity index (χ3v) is 4.27. The molecule has 3 rings (SSSR count). The Hall–Kier alpha value is -1.81. The van der Waals surface area contributed by atoms with Crippen molar-refractivity contribution in [3.05, 3.63) is 45.0 Å². The Kier molecular flexibility index (Phi) is 4.44. The number of rotatable bonds is 3. The minimum absolute atomic E-state index is 0.00340. The molecule has 3 aromatic rings. The molecule has 0 bridgehead atoms. The first-order chi connectivity index (χ1) is 11.0. The number of aromatic nitrogens is 5. The lowest BCUT2D eigenvalue weighted by atomic mass is 10.1. The zero-order valence-electron chi connectivity index (χ0n) is 12.1. The van der Waals surface area contributed by atoms with Crippen molar-refractivity contribution < 1.29 is 9.13 Å². The van der Waals surface area contributed by atoms with Crippen molar-refractivity contribution in [2.45, 2.75) is 6.92 Å². The lowest BCUT2D eigenvalue weighted by Crippen LogP contribution is -1.99. The van der Waals surface area contributed by atoms with E-state index in [9.17, 15) is 4.39 Å². The van der Waals surface area contributed by atoms with E-state index in [2.05, 4.69) is 20.1 Å². The topological polar surface area (TPSA) is 65.7 Å². The van der Waals surface area contributed by atoms with Crippen molar-refractivity contribution in [2.24, 2.45) is 7.05 Å². The highest BCUT2D eigenvalue weighted by molar-refractivity contribution is 14.1. The van der Waals surface area contributed by atoms with Gasteiger partial charge in [-0.25, -0.2) is 9.97 Å². The molecule has 0 aliphatic heterocycles. The van der Waals surface area contributed by atoms with Gasteiger partial charge < -0.3 is 4.74 Å². The number of pyridine rings is 1. The first kappa shape index (κ1) is 16.1. The molecule has 0 saturated heterocycles. The van der Waals surface area contributed by atoms with Crippen LogP contribution in [0.4, 0.5) is 4.39 Å². The highest BCUT2D eigenvalue weighted by Gasteiger charge is 2.18. The number of halogens is 3. The zero-order chi connectivity index (χ0) is 16.6. The van der Waals surface area contributed by atoms with Crippen LogP contribution >= 0.6 is 34.2 Å². The molecule has 0 aliphatic carbocycles. The van der Waals surface area contributed by atoms with Crippen LogP contribution in [0.5, 0.6) is 11.8 Å². The molecule has 0 unspecified atom stereocenters. The van der Waals surface area contributed by atoms with Crippen molar-refractivity contribution in [3.63, 3.8) is 0 Å². The third kappa shape index (κ3) is 3.13. The largest absolute Gasteiger partial charge is 0.417 e. The molecule has 3 aromatic heterocycles. The van der Waals surface area contributed by atoms with Gasteiger partial charge in [-0.15, -0.1) is 0 Å². The second kappa shape index (κ2) is 6.36. The summed E-state index contributed by atoms with van der Waals surface area (Å²) < 4.78 is 21.8. The number of nitrogens with zero attached hydrogens (tertiary/aromatic N) is 5. The van der Waals surface area contributed by atoms with Crippen LogP contribution in [0.25, 0.3) is 11.1 Å². The van der Waals surface area contributed by atoms with E-state index in [0.29, 0.717) is 9.13 Å². The SMILES string of the molecule is Cc1c(-c2cnc(Cl)nc2Oc2nccc(I)c2F)cnn1C. The summed E-state index contributed by atoms with van der Waals surface area (Å²) in [4.78, 5) is 11.9. The lowest BCUT2D eigenvalue weighted by Gasteiger charge is -2.10. The standard InChI is InChI=1S/C14H10ClFIN5O/c1-7-8(6-20-22(7)2)9-5-19-14(15)21-12(9)23-13-11(16)10(17)3-4-18-13/h3-6H,1-2H3. The third-order valence-electron chi connectivity index (χ3n) is 3.25. The van der Waals surface area contributed by atoms with Gasteiger partial charge in [0.25, 0.3) is 5.88 Å². The Bertz CT molecular complexity index is 886. The average Bonchev–Trinajstić information content (AvgIpc) is 2.84. The van der Waals surface area contributed by atoms with Gasteiger partial charge in [0.2, 0.25) is 11.2 Å². The summed E-state index contributed by atoms with van der Waals surface area (Å²) in [7, 11) is 1.82. The van der Waals surface area contributed by atoms with E-state index in [4.69, 9.17) is 16.3 Å². The molecule has 0 amide bonds. The number of aryl methyl sites for hydroxylation is 1. The molecule has 6 nitrogen and oxygen atoms in total. The average molecular weight is 446 g/mol. The van der Waals surface area contributed by atoms with Gasteiger partial charge in [-0.2, -0.15) is 14.5 Å². The molecular formula is C14H10ClFIN5O. The van der Waals surface area contributed by atoms with Gasteiger partial charge in [0, 0.05) is 30.7 Å². The van der Waals surface area contributed by atoms with Crippen molar-refractivity contribution in [3.8, 4) is 22.9 Å². The van der Waals surface area contributed by atoms with Gasteiger partial charge in [-0.05, 0) is 47.2 Å². The maximum atomic E-state index is 14.1. The van der Waals surface area contributed by atoms with Crippen LogP contribution in [-0.4, -0.2) is 24.7 Å².